The van der Waals surface area contributed by atoms with Crippen molar-refractivity contribution in [2.75, 3.05) is 12.4 Å². The van der Waals surface area contributed by atoms with Crippen molar-refractivity contribution in [3.63, 3.8) is 0 Å². The molecule has 0 spiro atoms. The number of methoxy groups -OCH3 is 1. The fourth-order valence-corrected chi connectivity index (χ4v) is 3.75. The molecule has 2 aromatic rings. The number of hydrogen-bond donors (Lipinski definition) is 2. The van der Waals surface area contributed by atoms with Crippen LogP contribution < -0.4 is 14.8 Å². The summed E-state index contributed by atoms with van der Waals surface area (Å²) in [6.45, 7) is 3.34. The van der Waals surface area contributed by atoms with Crippen molar-refractivity contribution < 1.29 is 22.9 Å². The van der Waals surface area contributed by atoms with Gasteiger partial charge < -0.3 is 10.1 Å². The average molecular weight is 393 g/mol. The molecule has 27 heavy (non-hydrogen) atoms. The Balaban J connectivity index is 2.36. The first-order chi connectivity index (χ1) is 12.6. The third-order valence-electron chi connectivity index (χ3n) is 3.42. The fourth-order valence-electron chi connectivity index (χ4n) is 2.30. The van der Waals surface area contributed by atoms with E-state index in [1.807, 2.05) is 0 Å². The van der Waals surface area contributed by atoms with Gasteiger partial charge in [-0.05, 0) is 38.1 Å². The molecule has 2 N–H and O–H groups in total. The molecule has 2 aromatic carbocycles. The van der Waals surface area contributed by atoms with Crippen LogP contribution in [0.4, 0.5) is 11.4 Å². The molecule has 0 atom stereocenters. The summed E-state index contributed by atoms with van der Waals surface area (Å²) in [5.74, 6) is -0.519. The third kappa shape index (κ3) is 5.02. The fraction of sp³-hybridized carbons (Fsp3) is 0.235. The van der Waals surface area contributed by atoms with Gasteiger partial charge in [-0.1, -0.05) is 6.07 Å². The van der Waals surface area contributed by atoms with Gasteiger partial charge >= 0.3 is 0 Å². The molecule has 0 saturated heterocycles. The number of carbonyl (C=O) groups is 1. The number of anilines is 1. The van der Waals surface area contributed by atoms with Crippen LogP contribution in [0.3, 0.4) is 0 Å². The predicted octanol–water partition coefficient (Wildman–Crippen LogP) is 2.54. The highest BCUT2D eigenvalue weighted by molar-refractivity contribution is 7.89. The molecule has 9 nitrogen and oxygen atoms in total. The highest BCUT2D eigenvalue weighted by atomic mass is 32.2. The summed E-state index contributed by atoms with van der Waals surface area (Å²) in [6.07, 6.45) is 0. The number of carbonyl (C=O) groups excluding carboxylic acids is 1. The lowest BCUT2D eigenvalue weighted by atomic mass is 10.2. The Bertz CT molecular complexity index is 972. The van der Waals surface area contributed by atoms with Crippen molar-refractivity contribution in [2.24, 2.45) is 0 Å². The van der Waals surface area contributed by atoms with E-state index in [2.05, 4.69) is 10.0 Å². The molecule has 0 aliphatic rings. The van der Waals surface area contributed by atoms with E-state index in [9.17, 15) is 23.3 Å². The number of hydrogen-bond acceptors (Lipinski definition) is 6. The third-order valence-corrected chi connectivity index (χ3v) is 5.10. The summed E-state index contributed by atoms with van der Waals surface area (Å²) in [5, 5.41) is 13.3. The molecule has 0 aromatic heterocycles. The largest absolute Gasteiger partial charge is 0.495 e. The number of benzene rings is 2. The van der Waals surface area contributed by atoms with Crippen LogP contribution in [0.25, 0.3) is 0 Å². The Labute approximate surface area is 156 Å². The highest BCUT2D eigenvalue weighted by Gasteiger charge is 2.22. The normalized spacial score (nSPS) is 11.3. The zero-order valence-electron chi connectivity index (χ0n) is 14.9. The Morgan fingerprint density at radius 1 is 1.19 bits per heavy atom. The van der Waals surface area contributed by atoms with Crippen molar-refractivity contribution in [1.82, 2.24) is 4.72 Å². The standard InChI is InChI=1S/C17H19N3O6S/c1-11(2)19-27(24,25)16-9-12(7-8-15(16)26-3)17(21)18-13-5-4-6-14(10-13)20(22)23/h4-11,19H,1-3H3,(H,18,21). The summed E-state index contributed by atoms with van der Waals surface area (Å²) in [7, 11) is -2.57. The van der Waals surface area contributed by atoms with Gasteiger partial charge in [-0.2, -0.15) is 0 Å². The minimum Gasteiger partial charge on any atom is -0.495 e. The van der Waals surface area contributed by atoms with Gasteiger partial charge in [0.25, 0.3) is 11.6 Å². The van der Waals surface area contributed by atoms with E-state index in [0.29, 0.717) is 0 Å². The molecule has 2 rings (SSSR count). The molecule has 1 amide bonds. The molecule has 0 fully saturated rings. The lowest BCUT2D eigenvalue weighted by Gasteiger charge is -2.14. The zero-order chi connectivity index (χ0) is 20.2. The van der Waals surface area contributed by atoms with Gasteiger partial charge in [-0.3, -0.25) is 14.9 Å². The summed E-state index contributed by atoms with van der Waals surface area (Å²) in [6, 6.07) is 9.05. The molecule has 10 heteroatoms. The Morgan fingerprint density at radius 2 is 1.89 bits per heavy atom. The lowest BCUT2D eigenvalue weighted by Crippen LogP contribution is -2.30. The van der Waals surface area contributed by atoms with Crippen molar-refractivity contribution >= 4 is 27.3 Å². The summed E-state index contributed by atoms with van der Waals surface area (Å²) < 4.78 is 32.5. The van der Waals surface area contributed by atoms with Crippen LogP contribution in [0.2, 0.25) is 0 Å². The maximum atomic E-state index is 12.5. The van der Waals surface area contributed by atoms with Crippen molar-refractivity contribution in [1.29, 1.82) is 0 Å². The van der Waals surface area contributed by atoms with Crippen LogP contribution >= 0.6 is 0 Å². The molecular weight excluding hydrogens is 374 g/mol. The molecule has 0 aliphatic carbocycles. The number of sulfonamides is 1. The maximum Gasteiger partial charge on any atom is 0.271 e. The van der Waals surface area contributed by atoms with Crippen LogP contribution in [0.5, 0.6) is 5.75 Å². The average Bonchev–Trinajstić information content (AvgIpc) is 2.60. The van der Waals surface area contributed by atoms with Gasteiger partial charge in [0.2, 0.25) is 10.0 Å². The Kier molecular flexibility index (Phi) is 6.13. The van der Waals surface area contributed by atoms with Gasteiger partial charge in [0.05, 0.1) is 12.0 Å². The molecule has 144 valence electrons. The summed E-state index contributed by atoms with van der Waals surface area (Å²) >= 11 is 0. The number of nitrogens with zero attached hydrogens (tertiary/aromatic N) is 1. The lowest BCUT2D eigenvalue weighted by molar-refractivity contribution is -0.384. The van der Waals surface area contributed by atoms with Crippen molar-refractivity contribution in [2.45, 2.75) is 24.8 Å². The Hall–Kier alpha value is -2.98. The van der Waals surface area contributed by atoms with E-state index in [4.69, 9.17) is 4.74 Å². The molecule has 0 radical (unpaired) electrons. The zero-order valence-corrected chi connectivity index (χ0v) is 15.7. The Morgan fingerprint density at radius 3 is 2.48 bits per heavy atom. The van der Waals surface area contributed by atoms with E-state index >= 15 is 0 Å². The molecule has 0 heterocycles. The quantitative estimate of drug-likeness (QED) is 0.550. The van der Waals surface area contributed by atoms with Crippen LogP contribution in [0.15, 0.2) is 47.4 Å². The number of rotatable bonds is 7. The van der Waals surface area contributed by atoms with Gasteiger partial charge in [0.15, 0.2) is 0 Å². The number of amides is 1. The van der Waals surface area contributed by atoms with E-state index in [0.717, 1.165) is 0 Å². The van der Waals surface area contributed by atoms with Gasteiger partial charge in [-0.15, -0.1) is 0 Å². The second-order valence-corrected chi connectivity index (χ2v) is 7.59. The molecular formula is C17H19N3O6S. The number of nitrogens with one attached hydrogen (secondary N) is 2. The van der Waals surface area contributed by atoms with Gasteiger partial charge in [0.1, 0.15) is 10.6 Å². The smallest absolute Gasteiger partial charge is 0.271 e. The second kappa shape index (κ2) is 8.14. The number of ether oxygens (including phenoxy) is 1. The van der Waals surface area contributed by atoms with Crippen LogP contribution in [-0.2, 0) is 10.0 Å². The van der Waals surface area contributed by atoms with E-state index in [-0.39, 0.29) is 33.6 Å². The molecule has 0 bridgehead atoms. The van der Waals surface area contributed by atoms with E-state index in [1.54, 1.807) is 13.8 Å². The topological polar surface area (TPSA) is 128 Å². The first-order valence-electron chi connectivity index (χ1n) is 7.90. The first kappa shape index (κ1) is 20.3. The van der Waals surface area contributed by atoms with Crippen LogP contribution in [-0.4, -0.2) is 32.4 Å². The molecule has 0 unspecified atom stereocenters. The highest BCUT2D eigenvalue weighted by Crippen LogP contribution is 2.26. The van der Waals surface area contributed by atoms with Gasteiger partial charge in [-0.25, -0.2) is 13.1 Å². The maximum absolute atomic E-state index is 12.5. The van der Waals surface area contributed by atoms with E-state index in [1.165, 1.54) is 49.6 Å². The van der Waals surface area contributed by atoms with Crippen molar-refractivity contribution in [3.05, 3.63) is 58.1 Å². The first-order valence-corrected chi connectivity index (χ1v) is 9.38. The molecule has 0 saturated carbocycles. The minimum atomic E-state index is -3.89. The molecule has 0 aliphatic heterocycles. The predicted molar refractivity (Wildman–Crippen MR) is 99.5 cm³/mol. The number of nitro benzene ring substituents is 1. The summed E-state index contributed by atoms with van der Waals surface area (Å²) in [4.78, 5) is 22.5. The van der Waals surface area contributed by atoms with Crippen molar-refractivity contribution in [3.8, 4) is 5.75 Å². The van der Waals surface area contributed by atoms with Gasteiger partial charge in [0, 0.05) is 29.4 Å². The summed E-state index contributed by atoms with van der Waals surface area (Å²) in [5.41, 5.74) is 0.105. The SMILES string of the molecule is COc1ccc(C(=O)Nc2cccc([N+](=O)[O-])c2)cc1S(=O)(=O)NC(C)C. The second-order valence-electron chi connectivity index (χ2n) is 5.90. The van der Waals surface area contributed by atoms with Crippen LogP contribution in [0, 0.1) is 10.1 Å². The minimum absolute atomic E-state index is 0.0615. The monoisotopic (exact) mass is 393 g/mol. The number of nitro groups is 1. The number of non-ortho nitro benzene ring substituents is 1. The van der Waals surface area contributed by atoms with Crippen LogP contribution in [0.1, 0.15) is 24.2 Å². The van der Waals surface area contributed by atoms with E-state index < -0.39 is 20.9 Å².